The van der Waals surface area contributed by atoms with Gasteiger partial charge in [0.2, 0.25) is 5.88 Å². The molecule has 4 rings (SSSR count). The molecule has 1 aliphatic rings. The average Bonchev–Trinajstić information content (AvgIpc) is 3.14. The Balaban J connectivity index is 1.29. The summed E-state index contributed by atoms with van der Waals surface area (Å²) >= 11 is 0. The molecule has 8 heteroatoms. The van der Waals surface area contributed by atoms with Crippen LogP contribution in [0.15, 0.2) is 42.9 Å². The molecule has 1 aliphatic heterocycles. The van der Waals surface area contributed by atoms with Crippen LogP contribution in [0.25, 0.3) is 11.1 Å². The smallest absolute Gasteiger partial charge is 0.237 e. The number of aromatic nitrogens is 3. The molecule has 1 unspecified atom stereocenters. The van der Waals surface area contributed by atoms with E-state index in [9.17, 15) is 8.78 Å². The first kappa shape index (κ1) is 18.4. The van der Waals surface area contributed by atoms with Crippen LogP contribution in [-0.4, -0.2) is 40.5 Å². The summed E-state index contributed by atoms with van der Waals surface area (Å²) in [6.45, 7) is 1.93. The van der Waals surface area contributed by atoms with Crippen LogP contribution in [0.4, 0.5) is 14.5 Å². The van der Waals surface area contributed by atoms with Crippen molar-refractivity contribution >= 4 is 5.69 Å². The zero-order valence-corrected chi connectivity index (χ0v) is 15.5. The molecule has 0 aliphatic carbocycles. The Morgan fingerprint density at radius 3 is 2.89 bits per heavy atom. The zero-order valence-electron chi connectivity index (χ0n) is 15.5. The summed E-state index contributed by atoms with van der Waals surface area (Å²) in [6, 6.07) is 5.99. The lowest BCUT2D eigenvalue weighted by Gasteiger charge is -2.27. The number of fused-ring (bicyclic) bond motifs is 1. The maximum absolute atomic E-state index is 13.2. The van der Waals surface area contributed by atoms with Crippen molar-refractivity contribution in [2.45, 2.75) is 12.5 Å². The zero-order chi connectivity index (χ0) is 19.5. The Kier molecular flexibility index (Phi) is 5.21. The van der Waals surface area contributed by atoms with Gasteiger partial charge in [-0.25, -0.2) is 13.8 Å². The van der Waals surface area contributed by atoms with Crippen molar-refractivity contribution < 1.29 is 13.5 Å². The molecule has 2 N–H and O–H groups in total. The number of halogens is 2. The number of hydrogen-bond donors (Lipinski definition) is 2. The predicted octanol–water partition coefficient (Wildman–Crippen LogP) is 2.77. The van der Waals surface area contributed by atoms with Crippen LogP contribution in [0.1, 0.15) is 5.56 Å². The van der Waals surface area contributed by atoms with Crippen LogP contribution in [-0.2, 0) is 13.5 Å². The fraction of sp³-hybridized carbons (Fsp3) is 0.300. The Bertz CT molecular complexity index is 975. The second-order valence-electron chi connectivity index (χ2n) is 6.80. The maximum atomic E-state index is 13.2. The highest BCUT2D eigenvalue weighted by atomic mass is 19.2. The lowest BCUT2D eigenvalue weighted by Crippen LogP contribution is -2.40. The van der Waals surface area contributed by atoms with E-state index in [4.69, 9.17) is 4.74 Å². The number of benzene rings is 1. The van der Waals surface area contributed by atoms with E-state index in [-0.39, 0.29) is 6.10 Å². The third-order valence-electron chi connectivity index (χ3n) is 4.63. The van der Waals surface area contributed by atoms with Crippen molar-refractivity contribution in [3.05, 3.63) is 60.1 Å². The topological polar surface area (TPSA) is 64.0 Å². The van der Waals surface area contributed by atoms with Gasteiger partial charge in [0.25, 0.3) is 0 Å². The van der Waals surface area contributed by atoms with E-state index in [1.54, 1.807) is 23.1 Å². The van der Waals surface area contributed by atoms with Crippen LogP contribution in [0.5, 0.6) is 5.88 Å². The summed E-state index contributed by atoms with van der Waals surface area (Å²) in [7, 11) is 1.88. The Morgan fingerprint density at radius 1 is 1.21 bits per heavy atom. The van der Waals surface area contributed by atoms with Gasteiger partial charge >= 0.3 is 0 Å². The van der Waals surface area contributed by atoms with Gasteiger partial charge in [0.15, 0.2) is 11.6 Å². The monoisotopic (exact) mass is 385 g/mol. The van der Waals surface area contributed by atoms with E-state index in [1.807, 2.05) is 19.3 Å². The van der Waals surface area contributed by atoms with Gasteiger partial charge in [-0.3, -0.25) is 4.68 Å². The molecule has 146 valence electrons. The van der Waals surface area contributed by atoms with Gasteiger partial charge in [0.05, 0.1) is 18.4 Å². The SMILES string of the molecule is Cn1cc(-c2cnc3c(c2)NCC(CNCCc2ccc(F)c(F)c2)O3)cn1. The van der Waals surface area contributed by atoms with E-state index < -0.39 is 11.6 Å². The number of aryl methyl sites for hydroxylation is 1. The molecule has 1 atom stereocenters. The standard InChI is InChI=1S/C20H21F2N5O/c1-27-12-15(9-26-27)14-7-19-20(25-8-14)28-16(11-24-19)10-23-5-4-13-2-3-17(21)18(22)6-13/h2-3,6-9,12,16,23-24H,4-5,10-11H2,1H3. The van der Waals surface area contributed by atoms with Crippen LogP contribution >= 0.6 is 0 Å². The minimum atomic E-state index is -0.823. The summed E-state index contributed by atoms with van der Waals surface area (Å²) < 4.78 is 33.9. The minimum absolute atomic E-state index is 0.0609. The third-order valence-corrected chi connectivity index (χ3v) is 4.63. The van der Waals surface area contributed by atoms with E-state index in [1.165, 1.54) is 6.07 Å². The molecule has 3 aromatic rings. The first-order chi connectivity index (χ1) is 13.6. The number of hydrogen-bond acceptors (Lipinski definition) is 5. The van der Waals surface area contributed by atoms with Gasteiger partial charge in [0, 0.05) is 37.1 Å². The van der Waals surface area contributed by atoms with Crippen molar-refractivity contribution in [1.82, 2.24) is 20.1 Å². The second-order valence-corrected chi connectivity index (χ2v) is 6.80. The van der Waals surface area contributed by atoms with Crippen molar-refractivity contribution in [3.63, 3.8) is 0 Å². The molecule has 0 saturated heterocycles. The fourth-order valence-corrected chi connectivity index (χ4v) is 3.13. The summed E-state index contributed by atoms with van der Waals surface area (Å²) in [5, 5.41) is 10.8. The van der Waals surface area contributed by atoms with Crippen LogP contribution in [0.2, 0.25) is 0 Å². The normalized spacial score (nSPS) is 15.6. The Hall–Kier alpha value is -3.00. The molecule has 1 aromatic carbocycles. The minimum Gasteiger partial charge on any atom is -0.470 e. The van der Waals surface area contributed by atoms with E-state index in [0.717, 1.165) is 28.4 Å². The van der Waals surface area contributed by atoms with Crippen LogP contribution in [0.3, 0.4) is 0 Å². The quantitative estimate of drug-likeness (QED) is 0.639. The first-order valence-electron chi connectivity index (χ1n) is 9.13. The van der Waals surface area contributed by atoms with Gasteiger partial charge in [-0.1, -0.05) is 6.07 Å². The van der Waals surface area contributed by atoms with Gasteiger partial charge in [-0.2, -0.15) is 5.10 Å². The molecule has 6 nitrogen and oxygen atoms in total. The molecule has 0 spiro atoms. The van der Waals surface area contributed by atoms with E-state index in [0.29, 0.717) is 31.9 Å². The molecule has 0 amide bonds. The number of pyridine rings is 1. The van der Waals surface area contributed by atoms with Gasteiger partial charge in [0.1, 0.15) is 6.10 Å². The first-order valence-corrected chi connectivity index (χ1v) is 9.13. The fourth-order valence-electron chi connectivity index (χ4n) is 3.13. The van der Waals surface area contributed by atoms with Crippen molar-refractivity contribution in [3.8, 4) is 17.0 Å². The molecular weight excluding hydrogens is 364 g/mol. The molecule has 3 heterocycles. The number of nitrogens with zero attached hydrogens (tertiary/aromatic N) is 3. The summed E-state index contributed by atoms with van der Waals surface area (Å²) in [5.74, 6) is -1.06. The maximum Gasteiger partial charge on any atom is 0.237 e. The van der Waals surface area contributed by atoms with Crippen molar-refractivity contribution in [2.24, 2.45) is 7.05 Å². The van der Waals surface area contributed by atoms with Crippen molar-refractivity contribution in [1.29, 1.82) is 0 Å². The summed E-state index contributed by atoms with van der Waals surface area (Å²) in [5.41, 5.74) is 3.59. The van der Waals surface area contributed by atoms with Crippen LogP contribution in [0, 0.1) is 11.6 Å². The molecule has 0 bridgehead atoms. The number of ether oxygens (including phenoxy) is 1. The van der Waals surface area contributed by atoms with E-state index >= 15 is 0 Å². The number of rotatable bonds is 6. The third kappa shape index (κ3) is 4.12. The lowest BCUT2D eigenvalue weighted by molar-refractivity contribution is 0.194. The molecule has 0 radical (unpaired) electrons. The number of nitrogens with one attached hydrogen (secondary N) is 2. The lowest BCUT2D eigenvalue weighted by atomic mass is 10.1. The second kappa shape index (κ2) is 7.93. The highest BCUT2D eigenvalue weighted by Gasteiger charge is 2.20. The molecule has 0 fully saturated rings. The van der Waals surface area contributed by atoms with Gasteiger partial charge < -0.3 is 15.4 Å². The van der Waals surface area contributed by atoms with Crippen LogP contribution < -0.4 is 15.4 Å². The predicted molar refractivity (Wildman–Crippen MR) is 102 cm³/mol. The Morgan fingerprint density at radius 2 is 2.11 bits per heavy atom. The highest BCUT2D eigenvalue weighted by molar-refractivity contribution is 5.69. The number of anilines is 1. The average molecular weight is 385 g/mol. The molecule has 2 aromatic heterocycles. The molecule has 0 saturated carbocycles. The Labute approximate surface area is 161 Å². The highest BCUT2D eigenvalue weighted by Crippen LogP contribution is 2.30. The summed E-state index contributed by atoms with van der Waals surface area (Å²) in [4.78, 5) is 4.42. The van der Waals surface area contributed by atoms with Crippen molar-refractivity contribution in [2.75, 3.05) is 25.0 Å². The largest absolute Gasteiger partial charge is 0.470 e. The van der Waals surface area contributed by atoms with Gasteiger partial charge in [-0.05, 0) is 36.7 Å². The van der Waals surface area contributed by atoms with Gasteiger partial charge in [-0.15, -0.1) is 0 Å². The van der Waals surface area contributed by atoms with E-state index in [2.05, 4.69) is 20.7 Å². The molecular formula is C20H21F2N5O. The summed E-state index contributed by atoms with van der Waals surface area (Å²) in [6.07, 6.45) is 6.06. The molecule has 28 heavy (non-hydrogen) atoms.